The van der Waals surface area contributed by atoms with Gasteiger partial charge in [0.15, 0.2) is 0 Å². The third kappa shape index (κ3) is 3.65. The maximum Gasteiger partial charge on any atom is 0.306 e. The maximum atomic E-state index is 13.3. The first-order valence-corrected chi connectivity index (χ1v) is 9.24. The molecule has 2 aromatic heterocycles. The third-order valence-electron chi connectivity index (χ3n) is 3.70. The molecule has 3 rings (SSSR count). The smallest absolute Gasteiger partial charge is 0.306 e. The van der Waals surface area contributed by atoms with Gasteiger partial charge >= 0.3 is 5.69 Å². The largest absolute Gasteiger partial charge is 0.325 e. The molecule has 1 aromatic carbocycles. The van der Waals surface area contributed by atoms with E-state index < -0.39 is 16.4 Å². The van der Waals surface area contributed by atoms with Crippen LogP contribution in [-0.2, 0) is 4.79 Å². The summed E-state index contributed by atoms with van der Waals surface area (Å²) >= 11 is 2.83. The number of nitrogens with zero attached hydrogens (tertiary/aromatic N) is 3. The van der Waals surface area contributed by atoms with Gasteiger partial charge in [-0.05, 0) is 31.5 Å². The second-order valence-electron chi connectivity index (χ2n) is 5.40. The Kier molecular flexibility index (Phi) is 5.14. The van der Waals surface area contributed by atoms with E-state index in [9.17, 15) is 19.3 Å². The SMILES string of the molecule is Cc1sc2ncnc(SCC(=O)Nc3ccc(F)c([N+](=O)[O-])c3)c2c1C. The predicted molar refractivity (Wildman–Crippen MR) is 99.3 cm³/mol. The number of hydrogen-bond acceptors (Lipinski definition) is 7. The molecule has 0 unspecified atom stereocenters. The molecule has 0 saturated carbocycles. The lowest BCUT2D eigenvalue weighted by Gasteiger charge is -2.06. The summed E-state index contributed by atoms with van der Waals surface area (Å²) in [5, 5.41) is 14.9. The van der Waals surface area contributed by atoms with Crippen molar-refractivity contribution < 1.29 is 14.1 Å². The number of halogens is 1. The third-order valence-corrected chi connectivity index (χ3v) is 5.80. The van der Waals surface area contributed by atoms with E-state index in [1.807, 2.05) is 13.8 Å². The van der Waals surface area contributed by atoms with E-state index in [0.717, 1.165) is 32.8 Å². The van der Waals surface area contributed by atoms with E-state index in [4.69, 9.17) is 0 Å². The van der Waals surface area contributed by atoms with Crippen LogP contribution in [0.2, 0.25) is 0 Å². The molecule has 0 bridgehead atoms. The molecule has 1 N–H and O–H groups in total. The molecule has 0 aliphatic rings. The van der Waals surface area contributed by atoms with Crippen LogP contribution in [0, 0.1) is 29.8 Å². The minimum absolute atomic E-state index is 0.0611. The quantitative estimate of drug-likeness (QED) is 0.304. The average Bonchev–Trinajstić information content (AvgIpc) is 2.89. The highest BCUT2D eigenvalue weighted by molar-refractivity contribution is 8.00. The zero-order valence-corrected chi connectivity index (χ0v) is 15.4. The number of rotatable bonds is 5. The van der Waals surface area contributed by atoms with Crippen LogP contribution >= 0.6 is 23.1 Å². The van der Waals surface area contributed by atoms with Gasteiger partial charge in [-0.1, -0.05) is 11.8 Å². The normalized spacial score (nSPS) is 10.9. The molecule has 0 aliphatic heterocycles. The van der Waals surface area contributed by atoms with Crippen molar-refractivity contribution in [2.75, 3.05) is 11.1 Å². The molecule has 0 fully saturated rings. The van der Waals surface area contributed by atoms with Crippen molar-refractivity contribution in [3.8, 4) is 0 Å². The second-order valence-corrected chi connectivity index (χ2v) is 7.57. The topological polar surface area (TPSA) is 98.0 Å². The van der Waals surface area contributed by atoms with Gasteiger partial charge in [0, 0.05) is 22.0 Å². The zero-order chi connectivity index (χ0) is 18.8. The Hall–Kier alpha value is -2.59. The Morgan fingerprint density at radius 2 is 2.15 bits per heavy atom. The Labute approximate surface area is 155 Å². The molecule has 26 heavy (non-hydrogen) atoms. The highest BCUT2D eigenvalue weighted by Gasteiger charge is 2.16. The van der Waals surface area contributed by atoms with Gasteiger partial charge < -0.3 is 5.32 Å². The lowest BCUT2D eigenvalue weighted by atomic mass is 10.2. The Morgan fingerprint density at radius 3 is 2.88 bits per heavy atom. The monoisotopic (exact) mass is 392 g/mol. The summed E-state index contributed by atoms with van der Waals surface area (Å²) in [6.45, 7) is 3.99. The summed E-state index contributed by atoms with van der Waals surface area (Å²) in [6, 6.07) is 3.22. The molecule has 1 amide bonds. The predicted octanol–water partition coefficient (Wildman–Crippen LogP) is 4.09. The van der Waals surface area contributed by atoms with Gasteiger partial charge in [0.25, 0.3) is 0 Å². The Balaban J connectivity index is 1.72. The van der Waals surface area contributed by atoms with E-state index in [2.05, 4.69) is 15.3 Å². The van der Waals surface area contributed by atoms with E-state index in [1.54, 1.807) is 11.3 Å². The number of carbonyl (C=O) groups excluding carboxylic acids is 1. The minimum Gasteiger partial charge on any atom is -0.325 e. The lowest BCUT2D eigenvalue weighted by Crippen LogP contribution is -2.14. The first kappa shape index (κ1) is 18.2. The number of nitro groups is 1. The van der Waals surface area contributed by atoms with Crippen molar-refractivity contribution >= 4 is 50.6 Å². The number of anilines is 1. The van der Waals surface area contributed by atoms with Crippen LogP contribution in [0.4, 0.5) is 15.8 Å². The fourth-order valence-electron chi connectivity index (χ4n) is 2.32. The number of amides is 1. The average molecular weight is 392 g/mol. The summed E-state index contributed by atoms with van der Waals surface area (Å²) in [5.41, 5.74) is 0.569. The summed E-state index contributed by atoms with van der Waals surface area (Å²) < 4.78 is 13.3. The summed E-state index contributed by atoms with van der Waals surface area (Å²) in [5.74, 6) is -1.26. The molecule has 10 heteroatoms. The van der Waals surface area contributed by atoms with Gasteiger partial charge in [-0.3, -0.25) is 14.9 Å². The minimum atomic E-state index is -0.950. The number of benzene rings is 1. The Bertz CT molecular complexity index is 1020. The van der Waals surface area contributed by atoms with Crippen molar-refractivity contribution in [1.82, 2.24) is 9.97 Å². The number of aromatic nitrogens is 2. The van der Waals surface area contributed by atoms with Gasteiger partial charge in [0.2, 0.25) is 11.7 Å². The van der Waals surface area contributed by atoms with Crippen LogP contribution in [0.15, 0.2) is 29.6 Å². The fourth-order valence-corrected chi connectivity index (χ4v) is 4.24. The van der Waals surface area contributed by atoms with Crippen LogP contribution in [0.5, 0.6) is 0 Å². The highest BCUT2D eigenvalue weighted by Crippen LogP contribution is 2.34. The fraction of sp³-hybridized carbons (Fsp3) is 0.188. The molecule has 2 heterocycles. The number of nitro benzene ring substituents is 1. The van der Waals surface area contributed by atoms with Crippen molar-refractivity contribution in [3.63, 3.8) is 0 Å². The van der Waals surface area contributed by atoms with Crippen LogP contribution in [-0.4, -0.2) is 26.6 Å². The molecule has 3 aromatic rings. The van der Waals surface area contributed by atoms with Gasteiger partial charge in [-0.25, -0.2) is 9.97 Å². The maximum absolute atomic E-state index is 13.3. The van der Waals surface area contributed by atoms with E-state index in [-0.39, 0.29) is 17.3 Å². The molecule has 7 nitrogen and oxygen atoms in total. The van der Waals surface area contributed by atoms with Gasteiger partial charge in [0.05, 0.1) is 10.7 Å². The first-order chi connectivity index (χ1) is 12.4. The summed E-state index contributed by atoms with van der Waals surface area (Å²) in [7, 11) is 0. The van der Waals surface area contributed by atoms with Gasteiger partial charge in [0.1, 0.15) is 16.2 Å². The molecular formula is C16H13FN4O3S2. The van der Waals surface area contributed by atoms with Gasteiger partial charge in [-0.15, -0.1) is 11.3 Å². The van der Waals surface area contributed by atoms with E-state index >= 15 is 0 Å². The van der Waals surface area contributed by atoms with Crippen LogP contribution in [0.25, 0.3) is 10.2 Å². The lowest BCUT2D eigenvalue weighted by molar-refractivity contribution is -0.387. The summed E-state index contributed by atoms with van der Waals surface area (Å²) in [4.78, 5) is 32.6. The first-order valence-electron chi connectivity index (χ1n) is 7.44. The van der Waals surface area contributed by atoms with E-state index in [0.29, 0.717) is 5.03 Å². The second kappa shape index (κ2) is 7.34. The molecule has 0 radical (unpaired) electrons. The van der Waals surface area contributed by atoms with Crippen molar-refractivity contribution in [2.24, 2.45) is 0 Å². The zero-order valence-electron chi connectivity index (χ0n) is 13.8. The summed E-state index contributed by atoms with van der Waals surface area (Å²) in [6.07, 6.45) is 1.46. The number of thioether (sulfide) groups is 1. The molecule has 0 saturated heterocycles. The van der Waals surface area contributed by atoms with Crippen molar-refractivity contribution in [3.05, 3.63) is 50.9 Å². The number of hydrogen-bond donors (Lipinski definition) is 1. The van der Waals surface area contributed by atoms with Gasteiger partial charge in [-0.2, -0.15) is 4.39 Å². The number of nitrogens with one attached hydrogen (secondary N) is 1. The molecule has 0 spiro atoms. The van der Waals surface area contributed by atoms with Crippen LogP contribution in [0.1, 0.15) is 10.4 Å². The number of carbonyl (C=O) groups is 1. The van der Waals surface area contributed by atoms with Crippen molar-refractivity contribution in [1.29, 1.82) is 0 Å². The highest BCUT2D eigenvalue weighted by atomic mass is 32.2. The number of fused-ring (bicyclic) bond motifs is 1. The molecule has 0 aliphatic carbocycles. The van der Waals surface area contributed by atoms with Crippen LogP contribution in [0.3, 0.4) is 0 Å². The standard InChI is InChI=1S/C16H13FN4O3S2/c1-8-9(2)26-16-14(8)15(18-7-19-16)25-6-13(22)20-10-3-4-11(17)12(5-10)21(23)24/h3-5,7H,6H2,1-2H3,(H,20,22). The van der Waals surface area contributed by atoms with Crippen LogP contribution < -0.4 is 5.32 Å². The molecular weight excluding hydrogens is 379 g/mol. The number of thiophene rings is 1. The molecule has 0 atom stereocenters. The number of aryl methyl sites for hydroxylation is 2. The Morgan fingerprint density at radius 1 is 1.38 bits per heavy atom. The molecule has 134 valence electrons. The van der Waals surface area contributed by atoms with Crippen molar-refractivity contribution in [2.45, 2.75) is 18.9 Å². The van der Waals surface area contributed by atoms with E-state index in [1.165, 1.54) is 24.2 Å².